The van der Waals surface area contributed by atoms with Crippen LogP contribution in [0.4, 0.5) is 10.5 Å². The van der Waals surface area contributed by atoms with E-state index < -0.39 is 6.16 Å². The van der Waals surface area contributed by atoms with E-state index in [2.05, 4.69) is 49.2 Å². The summed E-state index contributed by atoms with van der Waals surface area (Å²) < 4.78 is 16.6. The minimum absolute atomic E-state index is 0.0375. The number of halogens is 1. The third kappa shape index (κ3) is 5.03. The molecule has 31 heavy (non-hydrogen) atoms. The maximum Gasteiger partial charge on any atom is 0.513 e. The van der Waals surface area contributed by atoms with Crippen LogP contribution in [0.3, 0.4) is 0 Å². The van der Waals surface area contributed by atoms with Gasteiger partial charge in [-0.05, 0) is 45.8 Å². The van der Waals surface area contributed by atoms with Gasteiger partial charge in [0.1, 0.15) is 17.9 Å². The molecule has 8 heteroatoms. The van der Waals surface area contributed by atoms with Gasteiger partial charge in [0, 0.05) is 44.2 Å². The first-order valence-electron chi connectivity index (χ1n) is 9.96. The van der Waals surface area contributed by atoms with Crippen molar-refractivity contribution in [2.75, 3.05) is 37.7 Å². The van der Waals surface area contributed by atoms with Gasteiger partial charge in [0.2, 0.25) is 0 Å². The quantitative estimate of drug-likeness (QED) is 0.366. The van der Waals surface area contributed by atoms with E-state index in [0.29, 0.717) is 12.2 Å². The van der Waals surface area contributed by atoms with Crippen LogP contribution in [-0.2, 0) is 6.54 Å². The van der Waals surface area contributed by atoms with E-state index in [1.54, 1.807) is 12.1 Å². The number of fused-ring (bicyclic) bond motifs is 1. The van der Waals surface area contributed by atoms with Gasteiger partial charge in [0.15, 0.2) is 0 Å². The molecular formula is C23H23BrN2O5. The number of carbonyl (C=O) groups is 1. The Morgan fingerprint density at radius 1 is 1.19 bits per heavy atom. The molecule has 7 nitrogen and oxygen atoms in total. The lowest BCUT2D eigenvalue weighted by atomic mass is 10.1. The molecule has 1 aliphatic heterocycles. The van der Waals surface area contributed by atoms with Crippen LogP contribution in [0.1, 0.15) is 5.56 Å². The van der Waals surface area contributed by atoms with Crippen LogP contribution < -0.4 is 14.4 Å². The predicted molar refractivity (Wildman–Crippen MR) is 122 cm³/mol. The maximum absolute atomic E-state index is 10.8. The second kappa shape index (κ2) is 9.45. The van der Waals surface area contributed by atoms with Crippen molar-refractivity contribution in [3.05, 3.63) is 65.2 Å². The Balaban J connectivity index is 1.40. The van der Waals surface area contributed by atoms with Gasteiger partial charge >= 0.3 is 6.16 Å². The Morgan fingerprint density at radius 2 is 2.00 bits per heavy atom. The average molecular weight is 487 g/mol. The fraction of sp³-hybridized carbons (Fsp3) is 0.261. The van der Waals surface area contributed by atoms with Crippen LogP contribution in [-0.4, -0.2) is 48.9 Å². The van der Waals surface area contributed by atoms with Gasteiger partial charge < -0.3 is 23.9 Å². The monoisotopic (exact) mass is 486 g/mol. The van der Waals surface area contributed by atoms with Gasteiger partial charge in [-0.25, -0.2) is 4.79 Å². The van der Waals surface area contributed by atoms with Crippen molar-refractivity contribution in [2.24, 2.45) is 0 Å². The standard InChI is InChI=1S/C23H23BrN2O5/c1-2-12-29-17-5-3-4-16(13-17)15-25-8-10-26(11-9-25)19-6-7-20-18(22(19)24)14-21(30-20)31-23(27)28/h2-7,13-14H,1,8-12,15H2,(H,27,28). The van der Waals surface area contributed by atoms with Crippen molar-refractivity contribution in [3.63, 3.8) is 0 Å². The summed E-state index contributed by atoms with van der Waals surface area (Å²) in [5.74, 6) is 0.823. The van der Waals surface area contributed by atoms with Crippen molar-refractivity contribution >= 4 is 38.7 Å². The maximum atomic E-state index is 10.8. The van der Waals surface area contributed by atoms with Crippen molar-refractivity contribution < 1.29 is 23.8 Å². The van der Waals surface area contributed by atoms with Crippen LogP contribution in [0.25, 0.3) is 11.0 Å². The summed E-state index contributed by atoms with van der Waals surface area (Å²) in [6, 6.07) is 13.6. The molecule has 0 atom stereocenters. The van der Waals surface area contributed by atoms with Crippen LogP contribution >= 0.6 is 15.9 Å². The normalized spacial score (nSPS) is 14.5. The number of hydrogen-bond donors (Lipinski definition) is 1. The Labute approximate surface area is 188 Å². The Hall–Kier alpha value is -2.97. The predicted octanol–water partition coefficient (Wildman–Crippen LogP) is 5.14. The molecule has 1 aliphatic rings. The number of furan rings is 1. The summed E-state index contributed by atoms with van der Waals surface area (Å²) in [7, 11) is 0. The van der Waals surface area contributed by atoms with Crippen molar-refractivity contribution in [1.29, 1.82) is 0 Å². The highest BCUT2D eigenvalue weighted by molar-refractivity contribution is 9.10. The molecule has 0 spiro atoms. The first-order valence-corrected chi connectivity index (χ1v) is 10.8. The van der Waals surface area contributed by atoms with Crippen LogP contribution in [0.5, 0.6) is 11.7 Å². The van der Waals surface area contributed by atoms with Crippen LogP contribution in [0.2, 0.25) is 0 Å². The first kappa shape index (κ1) is 21.3. The number of rotatable bonds is 7. The third-order valence-corrected chi connectivity index (χ3v) is 6.00. The largest absolute Gasteiger partial charge is 0.513 e. The molecule has 1 aromatic heterocycles. The fourth-order valence-corrected chi connectivity index (χ4v) is 4.41. The highest BCUT2D eigenvalue weighted by Gasteiger charge is 2.21. The first-order chi connectivity index (χ1) is 15.0. The van der Waals surface area contributed by atoms with Crippen molar-refractivity contribution in [1.82, 2.24) is 4.90 Å². The van der Waals surface area contributed by atoms with Crippen LogP contribution in [0.15, 0.2) is 64.0 Å². The van der Waals surface area contributed by atoms with Gasteiger partial charge in [0.05, 0.1) is 10.2 Å². The number of benzene rings is 2. The van der Waals surface area contributed by atoms with E-state index in [1.165, 1.54) is 5.56 Å². The lowest BCUT2D eigenvalue weighted by Crippen LogP contribution is -2.46. The number of nitrogens with zero attached hydrogens (tertiary/aromatic N) is 2. The summed E-state index contributed by atoms with van der Waals surface area (Å²) in [4.78, 5) is 15.5. The molecule has 2 aromatic carbocycles. The zero-order valence-electron chi connectivity index (χ0n) is 16.9. The van der Waals surface area contributed by atoms with Gasteiger partial charge in [-0.15, -0.1) is 0 Å². The SMILES string of the molecule is C=CCOc1cccc(CN2CCN(c3ccc4oc(OC(=O)O)cc4c3Br)CC2)c1. The molecular weight excluding hydrogens is 464 g/mol. The summed E-state index contributed by atoms with van der Waals surface area (Å²) in [6.45, 7) is 8.68. The van der Waals surface area contributed by atoms with Gasteiger partial charge in [-0.1, -0.05) is 24.8 Å². The molecule has 0 saturated carbocycles. The zero-order chi connectivity index (χ0) is 21.8. The second-order valence-electron chi connectivity index (χ2n) is 7.25. The highest BCUT2D eigenvalue weighted by atomic mass is 79.9. The van der Waals surface area contributed by atoms with E-state index >= 15 is 0 Å². The highest BCUT2D eigenvalue weighted by Crippen LogP contribution is 2.38. The minimum atomic E-state index is -1.40. The molecule has 2 heterocycles. The number of anilines is 1. The minimum Gasteiger partial charge on any atom is -0.490 e. The molecule has 0 bridgehead atoms. The van der Waals surface area contributed by atoms with E-state index in [4.69, 9.17) is 14.3 Å². The smallest absolute Gasteiger partial charge is 0.490 e. The Morgan fingerprint density at radius 3 is 2.74 bits per heavy atom. The van der Waals surface area contributed by atoms with E-state index in [-0.39, 0.29) is 5.95 Å². The molecule has 162 valence electrons. The van der Waals surface area contributed by atoms with Crippen molar-refractivity contribution in [3.8, 4) is 11.7 Å². The third-order valence-electron chi connectivity index (χ3n) is 5.17. The lowest BCUT2D eigenvalue weighted by Gasteiger charge is -2.36. The molecule has 1 fully saturated rings. The zero-order valence-corrected chi connectivity index (χ0v) is 18.5. The van der Waals surface area contributed by atoms with Crippen LogP contribution in [0, 0.1) is 0 Å². The summed E-state index contributed by atoms with van der Waals surface area (Å²) in [5, 5.41) is 9.57. The van der Waals surface area contributed by atoms with Gasteiger partial charge in [-0.3, -0.25) is 4.90 Å². The number of carboxylic acid groups (broad SMARTS) is 1. The van der Waals surface area contributed by atoms with Gasteiger partial charge in [-0.2, -0.15) is 0 Å². The van der Waals surface area contributed by atoms with Gasteiger partial charge in [0.25, 0.3) is 5.95 Å². The Kier molecular flexibility index (Phi) is 6.48. The van der Waals surface area contributed by atoms with Crippen molar-refractivity contribution in [2.45, 2.75) is 6.54 Å². The molecule has 0 aliphatic carbocycles. The molecule has 1 saturated heterocycles. The van der Waals surface area contributed by atoms with E-state index in [1.807, 2.05) is 24.3 Å². The summed E-state index contributed by atoms with van der Waals surface area (Å²) in [5.41, 5.74) is 2.85. The van der Waals surface area contributed by atoms with E-state index in [9.17, 15) is 4.79 Å². The number of ether oxygens (including phenoxy) is 2. The summed E-state index contributed by atoms with van der Waals surface area (Å²) >= 11 is 3.66. The Bertz CT molecular complexity index is 1090. The topological polar surface area (TPSA) is 75.4 Å². The molecule has 3 aromatic rings. The second-order valence-corrected chi connectivity index (χ2v) is 8.05. The average Bonchev–Trinajstić information content (AvgIpc) is 3.16. The molecule has 4 rings (SSSR count). The number of hydrogen-bond acceptors (Lipinski definition) is 6. The molecule has 0 unspecified atom stereocenters. The molecule has 0 radical (unpaired) electrons. The lowest BCUT2D eigenvalue weighted by molar-refractivity contribution is 0.134. The number of piperazine rings is 1. The fourth-order valence-electron chi connectivity index (χ4n) is 3.72. The molecule has 1 N–H and O–H groups in total. The molecule has 0 amide bonds. The van der Waals surface area contributed by atoms with E-state index in [0.717, 1.165) is 54.0 Å². The summed E-state index contributed by atoms with van der Waals surface area (Å²) in [6.07, 6.45) is 0.342.